The second-order valence-electron chi connectivity index (χ2n) is 3.68. The van der Waals surface area contributed by atoms with Crippen LogP contribution in [0.25, 0.3) is 0 Å². The van der Waals surface area contributed by atoms with Crippen LogP contribution in [-0.4, -0.2) is 4.98 Å². The molecule has 1 aromatic carbocycles. The quantitative estimate of drug-likeness (QED) is 0.857. The molecule has 2 rings (SSSR count). The monoisotopic (exact) mass is 227 g/mol. The lowest BCUT2D eigenvalue weighted by atomic mass is 10.2. The highest BCUT2D eigenvalue weighted by atomic mass is 19.1. The van der Waals surface area contributed by atoms with Crippen LogP contribution in [0.4, 0.5) is 15.8 Å². The molecule has 0 atom stereocenters. The number of aromatic nitrogens is 1. The van der Waals surface area contributed by atoms with E-state index in [4.69, 9.17) is 5.26 Å². The van der Waals surface area contributed by atoms with E-state index >= 15 is 0 Å². The van der Waals surface area contributed by atoms with Crippen molar-refractivity contribution in [2.45, 2.75) is 6.92 Å². The predicted octanol–water partition coefficient (Wildman–Crippen LogP) is 3.14. The summed E-state index contributed by atoms with van der Waals surface area (Å²) >= 11 is 0. The number of rotatable bonds is 2. The Morgan fingerprint density at radius 3 is 2.82 bits per heavy atom. The maximum absolute atomic E-state index is 12.9. The van der Waals surface area contributed by atoms with Crippen LogP contribution in [-0.2, 0) is 0 Å². The van der Waals surface area contributed by atoms with Crippen LogP contribution in [0.1, 0.15) is 11.1 Å². The van der Waals surface area contributed by atoms with Gasteiger partial charge in [-0.05, 0) is 36.8 Å². The average Bonchev–Trinajstić information content (AvgIpc) is 2.31. The maximum Gasteiger partial charge on any atom is 0.124 e. The highest BCUT2D eigenvalue weighted by Crippen LogP contribution is 2.21. The molecule has 0 fully saturated rings. The van der Waals surface area contributed by atoms with Crippen LogP contribution in [0, 0.1) is 24.1 Å². The minimum absolute atomic E-state index is 0.270. The van der Waals surface area contributed by atoms with E-state index in [-0.39, 0.29) is 5.56 Å². The lowest BCUT2D eigenvalue weighted by Gasteiger charge is -2.08. The molecule has 3 nitrogen and oxygen atoms in total. The van der Waals surface area contributed by atoms with Crippen molar-refractivity contribution in [2.24, 2.45) is 0 Å². The van der Waals surface area contributed by atoms with Gasteiger partial charge in [-0.3, -0.25) is 4.98 Å². The molecule has 1 aromatic heterocycles. The number of aryl methyl sites for hydroxylation is 1. The van der Waals surface area contributed by atoms with Gasteiger partial charge in [-0.25, -0.2) is 4.39 Å². The maximum atomic E-state index is 12.9. The van der Waals surface area contributed by atoms with Gasteiger partial charge in [0.2, 0.25) is 0 Å². The number of hydrogen-bond acceptors (Lipinski definition) is 3. The highest BCUT2D eigenvalue weighted by molar-refractivity contribution is 5.66. The van der Waals surface area contributed by atoms with E-state index in [0.717, 1.165) is 11.3 Å². The lowest BCUT2D eigenvalue weighted by Crippen LogP contribution is -1.95. The molecule has 4 heteroatoms. The Balaban J connectivity index is 2.34. The molecule has 0 unspecified atom stereocenters. The summed E-state index contributed by atoms with van der Waals surface area (Å²) in [5, 5.41) is 11.9. The van der Waals surface area contributed by atoms with Crippen molar-refractivity contribution in [1.82, 2.24) is 4.98 Å². The van der Waals surface area contributed by atoms with Crippen molar-refractivity contribution in [3.8, 4) is 6.07 Å². The molecular formula is C13H10FN3. The summed E-state index contributed by atoms with van der Waals surface area (Å²) in [6.07, 6.45) is 3.39. The molecule has 84 valence electrons. The summed E-state index contributed by atoms with van der Waals surface area (Å²) in [7, 11) is 0. The molecule has 0 amide bonds. The summed E-state index contributed by atoms with van der Waals surface area (Å²) in [5.41, 5.74) is 2.62. The minimum Gasteiger partial charge on any atom is -0.353 e. The van der Waals surface area contributed by atoms with E-state index in [9.17, 15) is 4.39 Å². The fourth-order valence-electron chi connectivity index (χ4n) is 1.50. The normalized spacial score (nSPS) is 9.71. The number of nitrogens with one attached hydrogen (secondary N) is 1. The molecule has 17 heavy (non-hydrogen) atoms. The van der Waals surface area contributed by atoms with Gasteiger partial charge in [0.1, 0.15) is 11.9 Å². The molecule has 0 aliphatic rings. The Bertz CT molecular complexity index is 587. The Morgan fingerprint density at radius 2 is 2.12 bits per heavy atom. The number of nitriles is 1. The van der Waals surface area contributed by atoms with Gasteiger partial charge in [0, 0.05) is 6.20 Å². The Morgan fingerprint density at radius 1 is 1.29 bits per heavy atom. The van der Waals surface area contributed by atoms with Crippen LogP contribution >= 0.6 is 0 Å². The van der Waals surface area contributed by atoms with Crippen LogP contribution in [0.3, 0.4) is 0 Å². The summed E-state index contributed by atoms with van der Waals surface area (Å²) < 4.78 is 12.9. The molecule has 0 saturated heterocycles. The molecule has 0 radical (unpaired) electrons. The van der Waals surface area contributed by atoms with Gasteiger partial charge in [-0.1, -0.05) is 0 Å². The predicted molar refractivity (Wildman–Crippen MR) is 63.4 cm³/mol. The molecule has 0 bridgehead atoms. The van der Waals surface area contributed by atoms with Gasteiger partial charge < -0.3 is 5.32 Å². The zero-order valence-electron chi connectivity index (χ0n) is 9.24. The second kappa shape index (κ2) is 4.62. The molecular weight excluding hydrogens is 217 g/mol. The summed E-state index contributed by atoms with van der Waals surface area (Å²) in [6, 6.07) is 7.90. The fourth-order valence-corrected chi connectivity index (χ4v) is 1.50. The molecule has 0 aliphatic carbocycles. The smallest absolute Gasteiger partial charge is 0.124 e. The van der Waals surface area contributed by atoms with E-state index in [1.54, 1.807) is 12.4 Å². The minimum atomic E-state index is -0.422. The van der Waals surface area contributed by atoms with E-state index in [2.05, 4.69) is 10.3 Å². The van der Waals surface area contributed by atoms with Gasteiger partial charge in [0.05, 0.1) is 23.1 Å². The van der Waals surface area contributed by atoms with Crippen molar-refractivity contribution in [2.75, 3.05) is 5.32 Å². The van der Waals surface area contributed by atoms with Gasteiger partial charge in [0.15, 0.2) is 0 Å². The Labute approximate surface area is 98.5 Å². The van der Waals surface area contributed by atoms with Crippen molar-refractivity contribution < 1.29 is 4.39 Å². The number of benzene rings is 1. The topological polar surface area (TPSA) is 48.7 Å². The Hall–Kier alpha value is -2.41. The van der Waals surface area contributed by atoms with Crippen LogP contribution in [0.15, 0.2) is 36.7 Å². The molecule has 1 N–H and O–H groups in total. The van der Waals surface area contributed by atoms with E-state index in [1.165, 1.54) is 18.2 Å². The van der Waals surface area contributed by atoms with Crippen LogP contribution in [0.2, 0.25) is 0 Å². The van der Waals surface area contributed by atoms with Gasteiger partial charge in [-0.2, -0.15) is 5.26 Å². The number of anilines is 2. The first-order valence-corrected chi connectivity index (χ1v) is 5.07. The molecule has 0 saturated carbocycles. The summed E-state index contributed by atoms with van der Waals surface area (Å²) in [6.45, 7) is 1.92. The van der Waals surface area contributed by atoms with E-state index in [1.807, 2.05) is 19.1 Å². The van der Waals surface area contributed by atoms with Crippen molar-refractivity contribution in [3.05, 3.63) is 53.6 Å². The number of hydrogen-bond donors (Lipinski definition) is 1. The SMILES string of the molecule is Cc1cncc(Nc2ccc(F)cc2C#N)c1. The largest absolute Gasteiger partial charge is 0.353 e. The third-order valence-electron chi connectivity index (χ3n) is 2.26. The van der Waals surface area contributed by atoms with E-state index in [0.29, 0.717) is 5.69 Å². The Kier molecular flexibility index (Phi) is 3.01. The third kappa shape index (κ3) is 2.58. The zero-order valence-corrected chi connectivity index (χ0v) is 9.24. The first-order chi connectivity index (χ1) is 8.19. The standard InChI is InChI=1S/C13H10FN3/c1-9-4-12(8-16-7-9)17-13-3-2-11(14)5-10(13)6-15/h2-5,7-8,17H,1H3. The molecule has 0 aliphatic heterocycles. The molecule has 2 aromatic rings. The number of nitrogens with zero attached hydrogens (tertiary/aromatic N) is 2. The molecule has 0 spiro atoms. The van der Waals surface area contributed by atoms with Gasteiger partial charge in [-0.15, -0.1) is 0 Å². The van der Waals surface area contributed by atoms with Crippen LogP contribution in [0.5, 0.6) is 0 Å². The lowest BCUT2D eigenvalue weighted by molar-refractivity contribution is 0.627. The summed E-state index contributed by atoms with van der Waals surface area (Å²) in [4.78, 5) is 4.03. The first-order valence-electron chi connectivity index (χ1n) is 5.07. The average molecular weight is 227 g/mol. The second-order valence-corrected chi connectivity index (χ2v) is 3.68. The fraction of sp³-hybridized carbons (Fsp3) is 0.0769. The summed E-state index contributed by atoms with van der Waals surface area (Å²) in [5.74, 6) is -0.422. The van der Waals surface area contributed by atoms with Gasteiger partial charge >= 0.3 is 0 Å². The molecule has 1 heterocycles. The van der Waals surface area contributed by atoms with Crippen LogP contribution < -0.4 is 5.32 Å². The van der Waals surface area contributed by atoms with Gasteiger partial charge in [0.25, 0.3) is 0 Å². The first kappa shape index (κ1) is 11.1. The van der Waals surface area contributed by atoms with E-state index < -0.39 is 5.82 Å². The van der Waals surface area contributed by atoms with Crippen molar-refractivity contribution in [1.29, 1.82) is 5.26 Å². The number of halogens is 1. The highest BCUT2D eigenvalue weighted by Gasteiger charge is 2.04. The van der Waals surface area contributed by atoms with Crippen molar-refractivity contribution >= 4 is 11.4 Å². The number of pyridine rings is 1. The zero-order chi connectivity index (χ0) is 12.3. The van der Waals surface area contributed by atoms with Crippen molar-refractivity contribution in [3.63, 3.8) is 0 Å². The third-order valence-corrected chi connectivity index (χ3v) is 2.26.